The van der Waals surface area contributed by atoms with Crippen molar-refractivity contribution < 1.29 is 0 Å². The predicted octanol–water partition coefficient (Wildman–Crippen LogP) is 5.05. The molecule has 1 saturated heterocycles. The highest BCUT2D eigenvalue weighted by molar-refractivity contribution is 7.55. The Morgan fingerprint density at radius 3 is 2.28 bits per heavy atom. The molecule has 1 aromatic carbocycles. The average molecular weight is 263 g/mol. The van der Waals surface area contributed by atoms with Crippen LogP contribution in [0.1, 0.15) is 60.9 Å². The van der Waals surface area contributed by atoms with Crippen LogP contribution in [0.15, 0.2) is 18.2 Å². The van der Waals surface area contributed by atoms with E-state index in [0.717, 1.165) is 0 Å². The van der Waals surface area contributed by atoms with E-state index in [2.05, 4.69) is 32.0 Å². The Bertz CT molecular complexity index is 368. The number of hydrogen-bond donors (Lipinski definition) is 1. The van der Waals surface area contributed by atoms with Crippen molar-refractivity contribution >= 4 is 8.07 Å². The molecule has 1 fully saturated rings. The van der Waals surface area contributed by atoms with Crippen molar-refractivity contribution in [2.75, 3.05) is 6.16 Å². The Balaban J connectivity index is 2.20. The molecule has 0 bridgehead atoms. The lowest BCUT2D eigenvalue weighted by Crippen LogP contribution is -2.06. The molecule has 1 aliphatic heterocycles. The Hall–Kier alpha value is -0.390. The summed E-state index contributed by atoms with van der Waals surface area (Å²) in [6, 6.07) is 6.98. The molecular formula is C16H26NP. The monoisotopic (exact) mass is 263 g/mol. The zero-order valence-electron chi connectivity index (χ0n) is 11.8. The summed E-state index contributed by atoms with van der Waals surface area (Å²) < 4.78 is 0. The fourth-order valence-electron chi connectivity index (χ4n) is 3.04. The molecule has 0 radical (unpaired) electrons. The summed E-state index contributed by atoms with van der Waals surface area (Å²) in [5, 5.41) is 0. The summed E-state index contributed by atoms with van der Waals surface area (Å²) in [6.45, 7) is 4.40. The Morgan fingerprint density at radius 1 is 0.944 bits per heavy atom. The molecular weight excluding hydrogens is 237 g/mol. The highest BCUT2D eigenvalue weighted by Crippen LogP contribution is 2.49. The van der Waals surface area contributed by atoms with E-state index in [1.165, 1.54) is 61.4 Å². The predicted molar refractivity (Wildman–Crippen MR) is 82.3 cm³/mol. The molecule has 2 N–H and O–H groups in total. The first kappa shape index (κ1) is 14.0. The third-order valence-electron chi connectivity index (χ3n) is 3.92. The maximum atomic E-state index is 6.51. The van der Waals surface area contributed by atoms with Crippen molar-refractivity contribution in [1.82, 2.24) is 0 Å². The van der Waals surface area contributed by atoms with E-state index in [4.69, 9.17) is 5.50 Å². The Labute approximate surface area is 113 Å². The van der Waals surface area contributed by atoms with Gasteiger partial charge in [-0.05, 0) is 46.5 Å². The molecule has 0 saturated carbocycles. The van der Waals surface area contributed by atoms with E-state index in [9.17, 15) is 0 Å². The van der Waals surface area contributed by atoms with Crippen molar-refractivity contribution in [2.45, 2.75) is 58.0 Å². The van der Waals surface area contributed by atoms with Gasteiger partial charge in [-0.2, -0.15) is 0 Å². The van der Waals surface area contributed by atoms with Crippen LogP contribution in [0.25, 0.3) is 0 Å². The molecule has 2 heteroatoms. The second-order valence-corrected chi connectivity index (χ2v) is 7.83. The van der Waals surface area contributed by atoms with Crippen LogP contribution in [0, 0.1) is 13.8 Å². The summed E-state index contributed by atoms with van der Waals surface area (Å²) in [6.07, 6.45) is 9.43. The largest absolute Gasteiger partial charge is 0.309 e. The van der Waals surface area contributed by atoms with Gasteiger partial charge in [0.25, 0.3) is 0 Å². The third kappa shape index (κ3) is 3.80. The second-order valence-electron chi connectivity index (χ2n) is 5.73. The number of benzene rings is 1. The first-order valence-electron chi connectivity index (χ1n) is 7.26. The van der Waals surface area contributed by atoms with Gasteiger partial charge in [0.15, 0.2) is 0 Å². The normalized spacial score (nSPS) is 26.2. The SMILES string of the molecule is Cc1cc(C)cc(C2CCCCCCCP2N)c1. The quantitative estimate of drug-likeness (QED) is 0.704. The Kier molecular flexibility index (Phi) is 5.21. The van der Waals surface area contributed by atoms with E-state index in [1.807, 2.05) is 0 Å². The van der Waals surface area contributed by atoms with Crippen LogP contribution in [0.3, 0.4) is 0 Å². The standard InChI is InChI=1S/C16H26NP/c1-13-10-14(2)12-15(11-13)16-8-6-4-3-5-7-9-18(16)17/h10-12,16H,3-9,17H2,1-2H3. The average Bonchev–Trinajstić information content (AvgIpc) is 2.40. The van der Waals surface area contributed by atoms with Crippen molar-refractivity contribution in [1.29, 1.82) is 0 Å². The van der Waals surface area contributed by atoms with Gasteiger partial charge in [-0.15, -0.1) is 0 Å². The van der Waals surface area contributed by atoms with Gasteiger partial charge in [0.05, 0.1) is 0 Å². The molecule has 1 heterocycles. The fourth-order valence-corrected chi connectivity index (χ4v) is 4.99. The topological polar surface area (TPSA) is 26.0 Å². The molecule has 100 valence electrons. The van der Waals surface area contributed by atoms with Crippen LogP contribution >= 0.6 is 8.07 Å². The van der Waals surface area contributed by atoms with Crippen LogP contribution in [0.2, 0.25) is 0 Å². The van der Waals surface area contributed by atoms with Gasteiger partial charge in [0, 0.05) is 5.66 Å². The molecule has 0 amide bonds. The molecule has 1 nitrogen and oxygen atoms in total. The number of aryl methyl sites for hydroxylation is 2. The molecule has 0 spiro atoms. The lowest BCUT2D eigenvalue weighted by molar-refractivity contribution is 0.614. The first-order valence-corrected chi connectivity index (χ1v) is 8.93. The fraction of sp³-hybridized carbons (Fsp3) is 0.625. The van der Waals surface area contributed by atoms with Crippen LogP contribution in [-0.4, -0.2) is 6.16 Å². The van der Waals surface area contributed by atoms with Crippen LogP contribution < -0.4 is 5.50 Å². The maximum absolute atomic E-state index is 6.51. The van der Waals surface area contributed by atoms with E-state index < -0.39 is 0 Å². The molecule has 0 aromatic heterocycles. The minimum Gasteiger partial charge on any atom is -0.309 e. The molecule has 0 aliphatic carbocycles. The van der Waals surface area contributed by atoms with Crippen molar-refractivity contribution in [3.05, 3.63) is 34.9 Å². The highest BCUT2D eigenvalue weighted by Gasteiger charge is 2.20. The zero-order chi connectivity index (χ0) is 13.0. The third-order valence-corrected chi connectivity index (χ3v) is 6.11. The van der Waals surface area contributed by atoms with E-state index in [0.29, 0.717) is 5.66 Å². The van der Waals surface area contributed by atoms with E-state index >= 15 is 0 Å². The minimum atomic E-state index is -0.317. The van der Waals surface area contributed by atoms with Crippen molar-refractivity contribution in [3.63, 3.8) is 0 Å². The van der Waals surface area contributed by atoms with Crippen LogP contribution in [0.4, 0.5) is 0 Å². The highest BCUT2D eigenvalue weighted by atomic mass is 31.1. The number of hydrogen-bond acceptors (Lipinski definition) is 1. The number of rotatable bonds is 1. The van der Waals surface area contributed by atoms with Gasteiger partial charge in [0.1, 0.15) is 0 Å². The summed E-state index contributed by atoms with van der Waals surface area (Å²) in [5.74, 6) is 0. The van der Waals surface area contributed by atoms with Crippen LogP contribution in [0.5, 0.6) is 0 Å². The molecule has 1 aromatic rings. The maximum Gasteiger partial charge on any atom is 0.0170 e. The second kappa shape index (κ2) is 6.68. The van der Waals surface area contributed by atoms with Crippen molar-refractivity contribution in [2.24, 2.45) is 5.50 Å². The molecule has 2 atom stereocenters. The zero-order valence-corrected chi connectivity index (χ0v) is 12.7. The number of nitrogens with two attached hydrogens (primary N) is 1. The van der Waals surface area contributed by atoms with Gasteiger partial charge in [-0.1, -0.05) is 55.0 Å². The molecule has 2 unspecified atom stereocenters. The summed E-state index contributed by atoms with van der Waals surface area (Å²) in [4.78, 5) is 0. The van der Waals surface area contributed by atoms with Crippen LogP contribution in [-0.2, 0) is 0 Å². The minimum absolute atomic E-state index is 0.317. The molecule has 1 aliphatic rings. The summed E-state index contributed by atoms with van der Waals surface area (Å²) in [7, 11) is -0.317. The first-order chi connectivity index (χ1) is 8.66. The Morgan fingerprint density at radius 2 is 1.56 bits per heavy atom. The smallest absolute Gasteiger partial charge is 0.0170 e. The molecule has 18 heavy (non-hydrogen) atoms. The van der Waals surface area contributed by atoms with Gasteiger partial charge < -0.3 is 5.50 Å². The summed E-state index contributed by atoms with van der Waals surface area (Å²) >= 11 is 0. The van der Waals surface area contributed by atoms with Gasteiger partial charge >= 0.3 is 0 Å². The van der Waals surface area contributed by atoms with Crippen molar-refractivity contribution in [3.8, 4) is 0 Å². The summed E-state index contributed by atoms with van der Waals surface area (Å²) in [5.41, 5.74) is 11.4. The van der Waals surface area contributed by atoms with E-state index in [1.54, 1.807) is 0 Å². The van der Waals surface area contributed by atoms with Gasteiger partial charge in [-0.25, -0.2) is 0 Å². The molecule has 2 rings (SSSR count). The lowest BCUT2D eigenvalue weighted by atomic mass is 10.0. The van der Waals surface area contributed by atoms with Gasteiger partial charge in [0.2, 0.25) is 0 Å². The van der Waals surface area contributed by atoms with E-state index in [-0.39, 0.29) is 8.07 Å². The lowest BCUT2D eigenvalue weighted by Gasteiger charge is -2.24. The van der Waals surface area contributed by atoms with Gasteiger partial charge in [-0.3, -0.25) is 0 Å².